The Bertz CT molecular complexity index is 75.0. The van der Waals surface area contributed by atoms with E-state index in [4.69, 9.17) is 5.11 Å². The second-order valence-electron chi connectivity index (χ2n) is 1.24. The molecule has 0 saturated carbocycles. The van der Waals surface area contributed by atoms with Gasteiger partial charge in [0.2, 0.25) is 0 Å². The van der Waals surface area contributed by atoms with Crippen LogP contribution >= 0.6 is 0 Å². The van der Waals surface area contributed by atoms with Gasteiger partial charge in [-0.3, -0.25) is 0 Å². The normalized spacial score (nSPS) is 10.4. The van der Waals surface area contributed by atoms with E-state index in [-0.39, 0.29) is 41.5 Å². The van der Waals surface area contributed by atoms with Crippen molar-refractivity contribution in [2.75, 3.05) is 0 Å². The van der Waals surface area contributed by atoms with Gasteiger partial charge in [-0.2, -0.15) is 0 Å². The Kier molecular flexibility index (Phi) is 15.1. The van der Waals surface area contributed by atoms with E-state index in [1.165, 1.54) is 0 Å². The van der Waals surface area contributed by atoms with E-state index in [0.717, 1.165) is 0 Å². The van der Waals surface area contributed by atoms with Gasteiger partial charge in [0.25, 0.3) is 0 Å². The maximum Gasteiger partial charge on any atom is 1.00 e. The second kappa shape index (κ2) is 8.39. The van der Waals surface area contributed by atoms with Crippen LogP contribution in [0.1, 0.15) is 13.3 Å². The standard InChI is InChI=1S/C4H8O3.Na.H2O/c1-2-3(5)4(6)7;;/h3,5H,2H2,1H3,(H,6,7);;1H2/q;+1;/p-1. The van der Waals surface area contributed by atoms with Crippen LogP contribution in [0.3, 0.4) is 0 Å². The first-order valence-electron chi connectivity index (χ1n) is 2.07. The zero-order valence-corrected chi connectivity index (χ0v) is 7.55. The van der Waals surface area contributed by atoms with Crippen molar-refractivity contribution in [3.63, 3.8) is 0 Å². The van der Waals surface area contributed by atoms with Gasteiger partial charge in [0.05, 0.1) is 12.1 Å². The molecule has 0 rings (SSSR count). The van der Waals surface area contributed by atoms with Crippen molar-refractivity contribution in [3.05, 3.63) is 0 Å². The molecule has 0 saturated heterocycles. The summed E-state index contributed by atoms with van der Waals surface area (Å²) in [5.74, 6) is -1.40. The smallest absolute Gasteiger partial charge is 0.547 e. The molecule has 0 aliphatic heterocycles. The number of carboxylic acids is 1. The van der Waals surface area contributed by atoms with Crippen LogP contribution in [-0.2, 0) is 4.79 Å². The van der Waals surface area contributed by atoms with E-state index in [2.05, 4.69) is 0 Å². The van der Waals surface area contributed by atoms with Gasteiger partial charge in [0, 0.05) is 0 Å². The van der Waals surface area contributed by atoms with E-state index in [1.54, 1.807) is 6.92 Å². The van der Waals surface area contributed by atoms with E-state index >= 15 is 0 Å². The number of carbonyl (C=O) groups is 1. The molecule has 0 fully saturated rings. The fourth-order valence-electron chi connectivity index (χ4n) is 0.167. The maximum absolute atomic E-state index is 9.57. The summed E-state index contributed by atoms with van der Waals surface area (Å²) in [7, 11) is 0. The minimum absolute atomic E-state index is 0. The summed E-state index contributed by atoms with van der Waals surface area (Å²) in [6, 6.07) is 0. The number of hydrogen-bond donors (Lipinski definition) is 1. The molecule has 50 valence electrons. The van der Waals surface area contributed by atoms with Crippen molar-refractivity contribution in [1.29, 1.82) is 0 Å². The summed E-state index contributed by atoms with van der Waals surface area (Å²) >= 11 is 0. The van der Waals surface area contributed by atoms with Crippen molar-refractivity contribution in [2.24, 2.45) is 0 Å². The minimum Gasteiger partial charge on any atom is -0.547 e. The van der Waals surface area contributed by atoms with Gasteiger partial charge in [0.1, 0.15) is 0 Å². The van der Waals surface area contributed by atoms with Crippen LogP contribution in [0.25, 0.3) is 0 Å². The summed E-state index contributed by atoms with van der Waals surface area (Å²) in [4.78, 5) is 9.57. The Morgan fingerprint density at radius 1 is 1.78 bits per heavy atom. The van der Waals surface area contributed by atoms with Gasteiger partial charge in [-0.1, -0.05) is 6.92 Å². The first-order valence-corrected chi connectivity index (χ1v) is 2.07. The SMILES string of the molecule is CCC(O)C(=O)[O-].O.[Na+]. The first-order chi connectivity index (χ1) is 3.18. The molecule has 0 aliphatic rings. The van der Waals surface area contributed by atoms with Crippen LogP contribution in [0.4, 0.5) is 0 Å². The fourth-order valence-corrected chi connectivity index (χ4v) is 0.167. The Morgan fingerprint density at radius 2 is 2.11 bits per heavy atom. The summed E-state index contributed by atoms with van der Waals surface area (Å²) in [6.45, 7) is 1.57. The molecule has 0 spiro atoms. The third-order valence-electron chi connectivity index (χ3n) is 0.659. The van der Waals surface area contributed by atoms with Crippen molar-refractivity contribution in [3.8, 4) is 0 Å². The van der Waals surface area contributed by atoms with E-state index in [1.807, 2.05) is 0 Å². The number of aliphatic hydroxyl groups is 1. The monoisotopic (exact) mass is 144 g/mol. The maximum atomic E-state index is 9.57. The van der Waals surface area contributed by atoms with Crippen LogP contribution in [0, 0.1) is 0 Å². The Hall–Kier alpha value is 0.390. The third-order valence-corrected chi connectivity index (χ3v) is 0.659. The molecule has 1 atom stereocenters. The van der Waals surface area contributed by atoms with Crippen LogP contribution in [0.15, 0.2) is 0 Å². The van der Waals surface area contributed by atoms with Gasteiger partial charge in [-0.05, 0) is 6.42 Å². The molecule has 3 N–H and O–H groups in total. The molecule has 0 amide bonds. The number of carbonyl (C=O) groups excluding carboxylic acids is 1. The van der Waals surface area contributed by atoms with Crippen molar-refractivity contribution >= 4 is 5.97 Å². The average Bonchev–Trinajstić information content (AvgIpc) is 1.65. The van der Waals surface area contributed by atoms with Crippen molar-refractivity contribution in [2.45, 2.75) is 19.4 Å². The molecule has 0 aromatic rings. The predicted octanol–water partition coefficient (Wildman–Crippen LogP) is -5.31. The average molecular weight is 144 g/mol. The van der Waals surface area contributed by atoms with Gasteiger partial charge < -0.3 is 20.5 Å². The minimum atomic E-state index is -1.40. The van der Waals surface area contributed by atoms with Crippen LogP contribution < -0.4 is 34.7 Å². The second-order valence-corrected chi connectivity index (χ2v) is 1.24. The molecule has 5 heteroatoms. The van der Waals surface area contributed by atoms with Crippen molar-refractivity contribution < 1.29 is 50.0 Å². The summed E-state index contributed by atoms with van der Waals surface area (Å²) in [5.41, 5.74) is 0. The first kappa shape index (κ1) is 16.2. The molecule has 0 radical (unpaired) electrons. The Balaban J connectivity index is -0.000000180. The zero-order chi connectivity index (χ0) is 5.86. The summed E-state index contributed by atoms with van der Waals surface area (Å²) in [5, 5.41) is 17.8. The molecule has 9 heavy (non-hydrogen) atoms. The number of aliphatic carboxylic acids is 1. The summed E-state index contributed by atoms with van der Waals surface area (Å²) < 4.78 is 0. The number of carboxylic acid groups (broad SMARTS) is 1. The Morgan fingerprint density at radius 3 is 2.11 bits per heavy atom. The van der Waals surface area contributed by atoms with Gasteiger partial charge in [0.15, 0.2) is 0 Å². The topological polar surface area (TPSA) is 91.9 Å². The molecule has 0 heterocycles. The molecule has 0 aromatic heterocycles. The molecular weight excluding hydrogens is 135 g/mol. The number of hydrogen-bond acceptors (Lipinski definition) is 3. The molecular formula is C4H9NaO4. The summed E-state index contributed by atoms with van der Waals surface area (Å²) in [6.07, 6.45) is -1.08. The largest absolute Gasteiger partial charge is 1.00 e. The zero-order valence-electron chi connectivity index (χ0n) is 5.55. The molecule has 4 nitrogen and oxygen atoms in total. The predicted molar refractivity (Wildman–Crippen MR) is 24.9 cm³/mol. The molecule has 0 bridgehead atoms. The number of aliphatic hydroxyl groups excluding tert-OH is 1. The van der Waals surface area contributed by atoms with E-state index < -0.39 is 12.1 Å². The third kappa shape index (κ3) is 8.39. The van der Waals surface area contributed by atoms with E-state index in [9.17, 15) is 9.90 Å². The quantitative estimate of drug-likeness (QED) is 0.392. The molecule has 0 aliphatic carbocycles. The molecule has 1 unspecified atom stereocenters. The van der Waals surface area contributed by atoms with E-state index in [0.29, 0.717) is 0 Å². The van der Waals surface area contributed by atoms with Gasteiger partial charge in [-0.15, -0.1) is 0 Å². The van der Waals surface area contributed by atoms with Gasteiger partial charge >= 0.3 is 29.6 Å². The van der Waals surface area contributed by atoms with Crippen LogP contribution in [0.2, 0.25) is 0 Å². The van der Waals surface area contributed by atoms with Crippen LogP contribution in [0.5, 0.6) is 0 Å². The Labute approximate surface area is 75.5 Å². The fraction of sp³-hybridized carbons (Fsp3) is 0.750. The van der Waals surface area contributed by atoms with Crippen LogP contribution in [-0.4, -0.2) is 22.7 Å². The number of rotatable bonds is 2. The molecule has 0 aromatic carbocycles. The van der Waals surface area contributed by atoms with Gasteiger partial charge in [-0.25, -0.2) is 0 Å². The van der Waals surface area contributed by atoms with Crippen molar-refractivity contribution in [1.82, 2.24) is 0 Å².